The van der Waals surface area contributed by atoms with E-state index in [-0.39, 0.29) is 18.5 Å². The van der Waals surface area contributed by atoms with E-state index < -0.39 is 0 Å². The zero-order valence-electron chi connectivity index (χ0n) is 15.1. The number of hydrogen-bond acceptors (Lipinski definition) is 5. The molecule has 2 N–H and O–H groups in total. The summed E-state index contributed by atoms with van der Waals surface area (Å²) in [6.45, 7) is 3.06. The van der Waals surface area contributed by atoms with E-state index in [9.17, 15) is 9.59 Å². The van der Waals surface area contributed by atoms with E-state index in [0.29, 0.717) is 31.9 Å². The number of nitrogens with one attached hydrogen (secondary N) is 2. The number of hydrogen-bond donors (Lipinski definition) is 2. The van der Waals surface area contributed by atoms with Crippen molar-refractivity contribution in [1.82, 2.24) is 20.0 Å². The van der Waals surface area contributed by atoms with Crippen LogP contribution in [0, 0.1) is 0 Å². The van der Waals surface area contributed by atoms with Gasteiger partial charge in [0.2, 0.25) is 5.91 Å². The lowest BCUT2D eigenvalue weighted by Gasteiger charge is -2.33. The van der Waals surface area contributed by atoms with E-state index in [1.54, 1.807) is 29.0 Å². The van der Waals surface area contributed by atoms with E-state index in [2.05, 4.69) is 15.7 Å². The Morgan fingerprint density at radius 3 is 3.00 bits per heavy atom. The number of anilines is 2. The van der Waals surface area contributed by atoms with Crippen LogP contribution in [0.2, 0.25) is 0 Å². The van der Waals surface area contributed by atoms with Crippen LogP contribution < -0.4 is 20.3 Å². The summed E-state index contributed by atoms with van der Waals surface area (Å²) in [6, 6.07) is 5.30. The molecule has 3 heterocycles. The number of amides is 3. The average molecular weight is 370 g/mol. The van der Waals surface area contributed by atoms with Crippen LogP contribution in [0.3, 0.4) is 0 Å². The van der Waals surface area contributed by atoms with Crippen LogP contribution in [0.5, 0.6) is 5.75 Å². The summed E-state index contributed by atoms with van der Waals surface area (Å²) in [5, 5.41) is 10.2. The van der Waals surface area contributed by atoms with Gasteiger partial charge >= 0.3 is 6.03 Å². The number of urea groups is 1. The molecule has 0 bridgehead atoms. The van der Waals surface area contributed by atoms with Crippen molar-refractivity contribution in [2.24, 2.45) is 7.05 Å². The van der Waals surface area contributed by atoms with Gasteiger partial charge in [0.05, 0.1) is 11.9 Å². The molecule has 1 fully saturated rings. The van der Waals surface area contributed by atoms with Gasteiger partial charge in [0, 0.05) is 50.7 Å². The normalized spacial score (nSPS) is 17.1. The Hall–Kier alpha value is -3.07. The molecule has 142 valence electrons. The maximum absolute atomic E-state index is 12.6. The molecule has 2 aliphatic rings. The lowest BCUT2D eigenvalue weighted by atomic mass is 10.1. The van der Waals surface area contributed by atoms with Gasteiger partial charge in [0.15, 0.2) is 0 Å². The van der Waals surface area contributed by atoms with E-state index in [1.165, 1.54) is 4.90 Å². The first-order valence-corrected chi connectivity index (χ1v) is 8.91. The van der Waals surface area contributed by atoms with Gasteiger partial charge in [-0.1, -0.05) is 0 Å². The van der Waals surface area contributed by atoms with Crippen molar-refractivity contribution in [3.05, 3.63) is 36.2 Å². The Kier molecular flexibility index (Phi) is 4.68. The molecule has 9 heteroatoms. The van der Waals surface area contributed by atoms with Gasteiger partial charge in [-0.25, -0.2) is 4.79 Å². The van der Waals surface area contributed by atoms with Gasteiger partial charge in [-0.05, 0) is 18.2 Å². The van der Waals surface area contributed by atoms with Gasteiger partial charge in [0.1, 0.15) is 18.9 Å². The van der Waals surface area contributed by atoms with E-state index >= 15 is 0 Å². The summed E-state index contributed by atoms with van der Waals surface area (Å²) in [5.41, 5.74) is 2.44. The topological polar surface area (TPSA) is 91.7 Å². The summed E-state index contributed by atoms with van der Waals surface area (Å²) in [7, 11) is 1.80. The molecule has 27 heavy (non-hydrogen) atoms. The molecule has 4 rings (SSSR count). The molecule has 0 spiro atoms. The van der Waals surface area contributed by atoms with Gasteiger partial charge < -0.3 is 25.2 Å². The predicted octanol–water partition coefficient (Wildman–Crippen LogP) is 0.783. The van der Waals surface area contributed by atoms with Gasteiger partial charge in [-0.2, -0.15) is 5.10 Å². The number of ether oxygens (including phenoxy) is 1. The highest BCUT2D eigenvalue weighted by Crippen LogP contribution is 2.24. The Morgan fingerprint density at radius 1 is 1.33 bits per heavy atom. The van der Waals surface area contributed by atoms with Crippen molar-refractivity contribution < 1.29 is 14.3 Å². The number of piperazine rings is 1. The summed E-state index contributed by atoms with van der Waals surface area (Å²) in [5.74, 6) is 0.710. The quantitative estimate of drug-likeness (QED) is 0.815. The lowest BCUT2D eigenvalue weighted by Crippen LogP contribution is -2.53. The highest BCUT2D eigenvalue weighted by atomic mass is 16.5. The van der Waals surface area contributed by atoms with Crippen LogP contribution in [0.4, 0.5) is 16.2 Å². The van der Waals surface area contributed by atoms with Crippen LogP contribution in [-0.4, -0.2) is 59.4 Å². The van der Waals surface area contributed by atoms with Crippen molar-refractivity contribution in [3.63, 3.8) is 0 Å². The van der Waals surface area contributed by atoms with Crippen LogP contribution in [0.25, 0.3) is 0 Å². The molecule has 2 aliphatic heterocycles. The van der Waals surface area contributed by atoms with Crippen molar-refractivity contribution in [1.29, 1.82) is 0 Å². The Balaban J connectivity index is 1.39. The Bertz CT molecular complexity index is 865. The minimum atomic E-state index is -0.281. The van der Waals surface area contributed by atoms with E-state index in [1.807, 2.05) is 18.2 Å². The van der Waals surface area contributed by atoms with E-state index in [4.69, 9.17) is 4.74 Å². The Morgan fingerprint density at radius 2 is 2.22 bits per heavy atom. The molecule has 0 saturated carbocycles. The van der Waals surface area contributed by atoms with E-state index in [0.717, 1.165) is 23.5 Å². The third-order valence-electron chi connectivity index (χ3n) is 4.67. The van der Waals surface area contributed by atoms with Crippen molar-refractivity contribution in [3.8, 4) is 5.75 Å². The molecule has 1 aromatic heterocycles. The van der Waals surface area contributed by atoms with Crippen molar-refractivity contribution >= 4 is 23.3 Å². The van der Waals surface area contributed by atoms with Crippen LogP contribution in [0.1, 0.15) is 5.56 Å². The highest BCUT2D eigenvalue weighted by molar-refractivity contribution is 5.99. The third kappa shape index (κ3) is 3.72. The first kappa shape index (κ1) is 17.3. The molecular weight excluding hydrogens is 348 g/mol. The fourth-order valence-corrected chi connectivity index (χ4v) is 3.26. The monoisotopic (exact) mass is 370 g/mol. The second-order valence-electron chi connectivity index (χ2n) is 6.62. The van der Waals surface area contributed by atoms with Crippen molar-refractivity contribution in [2.45, 2.75) is 6.54 Å². The van der Waals surface area contributed by atoms with Crippen LogP contribution >= 0.6 is 0 Å². The summed E-state index contributed by atoms with van der Waals surface area (Å²) < 4.78 is 7.30. The molecule has 3 amide bonds. The number of carbonyl (C=O) groups is 2. The summed E-state index contributed by atoms with van der Waals surface area (Å²) >= 11 is 0. The molecule has 1 aromatic carbocycles. The largest absolute Gasteiger partial charge is 0.492 e. The minimum Gasteiger partial charge on any atom is -0.492 e. The number of carbonyl (C=O) groups excluding carboxylic acids is 2. The summed E-state index contributed by atoms with van der Waals surface area (Å²) in [4.78, 5) is 28.2. The fraction of sp³-hybridized carbons (Fsp3) is 0.389. The molecule has 0 radical (unpaired) electrons. The molecule has 1 saturated heterocycles. The molecule has 0 atom stereocenters. The van der Waals surface area contributed by atoms with Gasteiger partial charge in [-0.3, -0.25) is 9.48 Å². The molecule has 9 nitrogen and oxygen atoms in total. The molecule has 0 aliphatic carbocycles. The standard InChI is InChI=1S/C18H22N6O3/c1-22-11-15(10-20-22)24-6-5-23(12-17(24)25)18(26)21-14-2-3-16-13(8-14)9-19-4-7-27-16/h2-3,8,10-11,19H,4-7,9,12H2,1H3,(H,21,26). The minimum absolute atomic E-state index is 0.0380. The molecular formula is C18H22N6O3. The fourth-order valence-electron chi connectivity index (χ4n) is 3.26. The predicted molar refractivity (Wildman–Crippen MR) is 99.8 cm³/mol. The maximum atomic E-state index is 12.6. The molecule has 0 unspecified atom stereocenters. The number of rotatable bonds is 2. The number of aryl methyl sites for hydroxylation is 1. The number of aromatic nitrogens is 2. The van der Waals surface area contributed by atoms with Gasteiger partial charge in [-0.15, -0.1) is 0 Å². The second-order valence-corrected chi connectivity index (χ2v) is 6.62. The maximum Gasteiger partial charge on any atom is 0.322 e. The number of fused-ring (bicyclic) bond motifs is 1. The average Bonchev–Trinajstić information content (AvgIpc) is 2.95. The number of benzene rings is 1. The number of nitrogens with zero attached hydrogens (tertiary/aromatic N) is 4. The third-order valence-corrected chi connectivity index (χ3v) is 4.67. The first-order chi connectivity index (χ1) is 13.1. The SMILES string of the molecule is Cn1cc(N2CCN(C(=O)Nc3ccc4c(c3)CNCCO4)CC2=O)cn1. The lowest BCUT2D eigenvalue weighted by molar-refractivity contribution is -0.120. The van der Waals surface area contributed by atoms with Crippen LogP contribution in [0.15, 0.2) is 30.6 Å². The highest BCUT2D eigenvalue weighted by Gasteiger charge is 2.28. The Labute approximate surface area is 156 Å². The van der Waals surface area contributed by atoms with Crippen molar-refractivity contribution in [2.75, 3.05) is 43.0 Å². The molecule has 2 aromatic rings. The zero-order chi connectivity index (χ0) is 18.8. The zero-order valence-corrected chi connectivity index (χ0v) is 15.1. The summed E-state index contributed by atoms with van der Waals surface area (Å²) in [6.07, 6.45) is 3.44. The first-order valence-electron chi connectivity index (χ1n) is 8.91. The smallest absolute Gasteiger partial charge is 0.322 e. The van der Waals surface area contributed by atoms with Crippen LogP contribution in [-0.2, 0) is 18.4 Å². The second kappa shape index (κ2) is 7.28. The van der Waals surface area contributed by atoms with Gasteiger partial charge in [0.25, 0.3) is 0 Å².